The summed E-state index contributed by atoms with van der Waals surface area (Å²) in [5.74, 6) is -0.380. The minimum atomic E-state index is -0.439. The Morgan fingerprint density at radius 2 is 1.62 bits per heavy atom. The van der Waals surface area contributed by atoms with E-state index in [0.29, 0.717) is 27.6 Å². The lowest BCUT2D eigenvalue weighted by Gasteiger charge is -2.16. The Morgan fingerprint density at radius 3 is 2.22 bits per heavy atom. The average molecular weight is 447 g/mol. The summed E-state index contributed by atoms with van der Waals surface area (Å²) in [6.45, 7) is 4.05. The fraction of sp³-hybridized carbons (Fsp3) is 0.154. The molecule has 32 heavy (non-hydrogen) atoms. The van der Waals surface area contributed by atoms with Crippen LogP contribution in [-0.4, -0.2) is 18.9 Å². The normalized spacial score (nSPS) is 13.7. The van der Waals surface area contributed by atoms with Gasteiger partial charge in [-0.1, -0.05) is 60.5 Å². The van der Waals surface area contributed by atoms with Crippen LogP contribution in [0.1, 0.15) is 23.6 Å². The quantitative estimate of drug-likeness (QED) is 0.499. The number of halogens is 1. The third-order valence-electron chi connectivity index (χ3n) is 5.45. The Balaban J connectivity index is 1.78. The molecule has 3 aromatic carbocycles. The van der Waals surface area contributed by atoms with Gasteiger partial charge in [-0.3, -0.25) is 9.59 Å². The van der Waals surface area contributed by atoms with E-state index in [-0.39, 0.29) is 5.70 Å². The summed E-state index contributed by atoms with van der Waals surface area (Å²) in [6.07, 6.45) is 0.918. The predicted octanol–water partition coefficient (Wildman–Crippen LogP) is 5.62. The van der Waals surface area contributed by atoms with Crippen LogP contribution >= 0.6 is 11.6 Å². The molecule has 0 bridgehead atoms. The van der Waals surface area contributed by atoms with Gasteiger partial charge in [0.2, 0.25) is 0 Å². The maximum atomic E-state index is 13.5. The first-order valence-corrected chi connectivity index (χ1v) is 10.7. The molecular formula is C26H23ClN2O3. The number of hydrogen-bond acceptors (Lipinski definition) is 4. The molecule has 1 aliphatic rings. The van der Waals surface area contributed by atoms with E-state index in [1.54, 1.807) is 18.2 Å². The van der Waals surface area contributed by atoms with Gasteiger partial charge < -0.3 is 10.1 Å². The molecule has 0 aromatic heterocycles. The van der Waals surface area contributed by atoms with E-state index in [4.69, 9.17) is 16.3 Å². The fourth-order valence-electron chi connectivity index (χ4n) is 3.63. The van der Waals surface area contributed by atoms with E-state index >= 15 is 0 Å². The standard InChI is InChI=1S/C26H23ClN2O3/c1-4-17-7-11-19(12-8-17)28-24-23(18-9-5-16(2)6-10-18)25(30)29(26(24)31)20-13-14-22(32-3)21(27)15-20/h5-15,28H,4H2,1-3H3. The molecule has 1 heterocycles. The molecule has 0 saturated heterocycles. The zero-order valence-electron chi connectivity index (χ0n) is 18.1. The van der Waals surface area contributed by atoms with Crippen molar-refractivity contribution in [3.05, 3.63) is 94.1 Å². The van der Waals surface area contributed by atoms with Crippen molar-refractivity contribution in [2.45, 2.75) is 20.3 Å². The van der Waals surface area contributed by atoms with Crippen LogP contribution < -0.4 is 15.0 Å². The minimum absolute atomic E-state index is 0.232. The molecule has 1 aliphatic heterocycles. The van der Waals surface area contributed by atoms with Crippen LogP contribution in [0.3, 0.4) is 0 Å². The largest absolute Gasteiger partial charge is 0.495 e. The van der Waals surface area contributed by atoms with Gasteiger partial charge in [0.15, 0.2) is 0 Å². The fourth-order valence-corrected chi connectivity index (χ4v) is 3.88. The highest BCUT2D eigenvalue weighted by molar-refractivity contribution is 6.46. The number of ether oxygens (including phenoxy) is 1. The average Bonchev–Trinajstić information content (AvgIpc) is 3.04. The lowest BCUT2D eigenvalue weighted by atomic mass is 10.0. The van der Waals surface area contributed by atoms with Crippen molar-refractivity contribution in [2.24, 2.45) is 0 Å². The van der Waals surface area contributed by atoms with Crippen LogP contribution in [-0.2, 0) is 16.0 Å². The van der Waals surface area contributed by atoms with E-state index in [9.17, 15) is 9.59 Å². The number of anilines is 2. The van der Waals surface area contributed by atoms with Crippen molar-refractivity contribution in [2.75, 3.05) is 17.3 Å². The molecule has 0 spiro atoms. The lowest BCUT2D eigenvalue weighted by Crippen LogP contribution is -2.32. The Morgan fingerprint density at radius 1 is 0.938 bits per heavy atom. The maximum Gasteiger partial charge on any atom is 0.282 e. The monoisotopic (exact) mass is 446 g/mol. The van der Waals surface area contributed by atoms with Crippen molar-refractivity contribution in [1.82, 2.24) is 0 Å². The van der Waals surface area contributed by atoms with Crippen molar-refractivity contribution < 1.29 is 14.3 Å². The van der Waals surface area contributed by atoms with Crippen LogP contribution in [0, 0.1) is 6.92 Å². The van der Waals surface area contributed by atoms with Crippen LogP contribution in [0.2, 0.25) is 5.02 Å². The summed E-state index contributed by atoms with van der Waals surface area (Å²) >= 11 is 6.27. The second kappa shape index (κ2) is 8.89. The van der Waals surface area contributed by atoms with Gasteiger partial charge in [-0.25, -0.2) is 4.90 Å². The van der Waals surface area contributed by atoms with Gasteiger partial charge in [0, 0.05) is 5.69 Å². The van der Waals surface area contributed by atoms with Gasteiger partial charge >= 0.3 is 0 Å². The van der Waals surface area contributed by atoms with Crippen LogP contribution in [0.25, 0.3) is 5.57 Å². The molecule has 1 N–H and O–H groups in total. The maximum absolute atomic E-state index is 13.5. The van der Waals surface area contributed by atoms with E-state index in [1.165, 1.54) is 12.7 Å². The van der Waals surface area contributed by atoms with Crippen LogP contribution in [0.15, 0.2) is 72.4 Å². The van der Waals surface area contributed by atoms with Crippen molar-refractivity contribution in [3.63, 3.8) is 0 Å². The van der Waals surface area contributed by atoms with E-state index in [0.717, 1.165) is 22.6 Å². The third-order valence-corrected chi connectivity index (χ3v) is 5.74. The Hall–Kier alpha value is -3.57. The number of rotatable bonds is 6. The van der Waals surface area contributed by atoms with E-state index < -0.39 is 11.8 Å². The summed E-state index contributed by atoms with van der Waals surface area (Å²) in [5, 5.41) is 3.50. The smallest absolute Gasteiger partial charge is 0.282 e. The van der Waals surface area contributed by atoms with Gasteiger partial charge in [0.05, 0.1) is 23.4 Å². The molecule has 0 fully saturated rings. The number of hydrogen-bond donors (Lipinski definition) is 1. The number of imide groups is 1. The predicted molar refractivity (Wildman–Crippen MR) is 128 cm³/mol. The molecular weight excluding hydrogens is 424 g/mol. The number of benzene rings is 3. The van der Waals surface area contributed by atoms with Gasteiger partial charge in [-0.15, -0.1) is 0 Å². The first-order valence-electron chi connectivity index (χ1n) is 10.3. The molecule has 0 aliphatic carbocycles. The lowest BCUT2D eigenvalue weighted by molar-refractivity contribution is -0.120. The summed E-state index contributed by atoms with van der Waals surface area (Å²) in [5.41, 5.74) is 4.59. The molecule has 2 amide bonds. The van der Waals surface area contributed by atoms with Gasteiger partial charge in [-0.2, -0.15) is 0 Å². The van der Waals surface area contributed by atoms with Gasteiger partial charge in [-0.05, 0) is 54.8 Å². The molecule has 5 nitrogen and oxygen atoms in total. The topological polar surface area (TPSA) is 58.6 Å². The van der Waals surface area contributed by atoms with E-state index in [2.05, 4.69) is 12.2 Å². The van der Waals surface area contributed by atoms with Crippen molar-refractivity contribution >= 4 is 40.4 Å². The first-order chi connectivity index (χ1) is 15.4. The zero-order valence-corrected chi connectivity index (χ0v) is 18.9. The summed E-state index contributed by atoms with van der Waals surface area (Å²) in [4.78, 5) is 28.1. The first kappa shape index (κ1) is 21.7. The molecule has 3 aromatic rings. The minimum Gasteiger partial charge on any atom is -0.495 e. The van der Waals surface area contributed by atoms with E-state index in [1.807, 2.05) is 55.5 Å². The van der Waals surface area contributed by atoms with Gasteiger partial charge in [0.1, 0.15) is 11.4 Å². The molecule has 162 valence electrons. The second-order valence-corrected chi connectivity index (χ2v) is 7.96. The number of methoxy groups -OCH3 is 1. The van der Waals surface area contributed by atoms with Gasteiger partial charge in [0.25, 0.3) is 11.8 Å². The third kappa shape index (κ3) is 3.99. The molecule has 0 atom stereocenters. The molecule has 6 heteroatoms. The summed E-state index contributed by atoms with van der Waals surface area (Å²) in [6, 6.07) is 20.2. The Bertz CT molecular complexity index is 1210. The number of carbonyl (C=O) groups excluding carboxylic acids is 2. The second-order valence-electron chi connectivity index (χ2n) is 7.56. The number of nitrogens with zero attached hydrogens (tertiary/aromatic N) is 1. The highest BCUT2D eigenvalue weighted by atomic mass is 35.5. The highest BCUT2D eigenvalue weighted by Crippen LogP contribution is 2.36. The Kier molecular flexibility index (Phi) is 6.01. The van der Waals surface area contributed by atoms with Crippen molar-refractivity contribution in [1.29, 1.82) is 0 Å². The number of aryl methyl sites for hydroxylation is 2. The molecule has 0 unspecified atom stereocenters. The summed E-state index contributed by atoms with van der Waals surface area (Å²) < 4.78 is 5.19. The Labute approximate surface area is 192 Å². The zero-order chi connectivity index (χ0) is 22.8. The SMILES string of the molecule is CCc1ccc(NC2=C(c3ccc(C)cc3)C(=O)N(c3ccc(OC)c(Cl)c3)C2=O)cc1. The highest BCUT2D eigenvalue weighted by Gasteiger charge is 2.40. The van der Waals surface area contributed by atoms with Crippen LogP contribution in [0.5, 0.6) is 5.75 Å². The molecule has 0 radical (unpaired) electrons. The molecule has 4 rings (SSSR count). The summed E-state index contributed by atoms with van der Waals surface area (Å²) in [7, 11) is 1.51. The number of nitrogens with one attached hydrogen (secondary N) is 1. The van der Waals surface area contributed by atoms with Crippen LogP contribution in [0.4, 0.5) is 11.4 Å². The molecule has 0 saturated carbocycles. The number of amides is 2. The van der Waals surface area contributed by atoms with Crippen molar-refractivity contribution in [3.8, 4) is 5.75 Å². The number of carbonyl (C=O) groups is 2.